The van der Waals surface area contributed by atoms with Crippen molar-refractivity contribution in [3.05, 3.63) is 65.0 Å². The Morgan fingerprint density at radius 1 is 1.08 bits per heavy atom. The highest BCUT2D eigenvalue weighted by Gasteiger charge is 2.43. The number of hydrogen-bond acceptors (Lipinski definition) is 4. The molecule has 0 aromatic heterocycles. The van der Waals surface area contributed by atoms with Crippen LogP contribution in [0.5, 0.6) is 0 Å². The molecule has 0 bridgehead atoms. The van der Waals surface area contributed by atoms with Gasteiger partial charge in [0.25, 0.3) is 5.91 Å². The van der Waals surface area contributed by atoms with E-state index in [4.69, 9.17) is 6.42 Å². The predicted molar refractivity (Wildman–Crippen MR) is 133 cm³/mol. The van der Waals surface area contributed by atoms with Crippen LogP contribution in [-0.2, 0) is 20.8 Å². The van der Waals surface area contributed by atoms with Crippen molar-refractivity contribution in [3.8, 4) is 12.3 Å². The number of nitrogens with one attached hydrogen (secondary N) is 1. The van der Waals surface area contributed by atoms with E-state index < -0.39 is 62.5 Å². The fourth-order valence-electron chi connectivity index (χ4n) is 5.08. The summed E-state index contributed by atoms with van der Waals surface area (Å²) in [6.07, 6.45) is 3.48. The molecule has 2 aromatic rings. The van der Waals surface area contributed by atoms with Gasteiger partial charge in [-0.1, -0.05) is 12.1 Å². The van der Waals surface area contributed by atoms with Gasteiger partial charge in [0.2, 0.25) is 5.91 Å². The van der Waals surface area contributed by atoms with Crippen LogP contribution in [0.15, 0.2) is 47.4 Å². The Kier molecular flexibility index (Phi) is 6.95. The Balaban J connectivity index is 1.38. The van der Waals surface area contributed by atoms with E-state index in [1.54, 1.807) is 0 Å². The first-order chi connectivity index (χ1) is 18.4. The van der Waals surface area contributed by atoms with Crippen molar-refractivity contribution in [2.24, 2.45) is 11.8 Å². The molecule has 3 fully saturated rings. The van der Waals surface area contributed by atoms with Gasteiger partial charge in [-0.15, -0.1) is 12.3 Å². The lowest BCUT2D eigenvalue weighted by molar-refractivity contribution is -0.140. The highest BCUT2D eigenvalue weighted by atomic mass is 32.2. The van der Waals surface area contributed by atoms with E-state index in [9.17, 15) is 35.6 Å². The Morgan fingerprint density at radius 3 is 2.38 bits per heavy atom. The summed E-state index contributed by atoms with van der Waals surface area (Å²) in [5.74, 6) is -0.471. The van der Waals surface area contributed by atoms with Crippen LogP contribution < -0.4 is 5.32 Å². The highest BCUT2D eigenvalue weighted by Crippen LogP contribution is 2.43. The lowest BCUT2D eigenvalue weighted by atomic mass is 9.99. The minimum Gasteiger partial charge on any atom is -0.347 e. The summed E-state index contributed by atoms with van der Waals surface area (Å²) >= 11 is 0. The van der Waals surface area contributed by atoms with Crippen molar-refractivity contribution >= 4 is 21.7 Å². The van der Waals surface area contributed by atoms with E-state index in [2.05, 4.69) is 11.2 Å². The molecule has 3 aliphatic rings. The number of terminal acetylenes is 1. The minimum atomic E-state index is -4.84. The number of likely N-dealkylation sites (tertiary alicyclic amines) is 1. The molecule has 2 aromatic carbocycles. The number of rotatable bonds is 7. The second-order valence-electron chi connectivity index (χ2n) is 10.4. The quantitative estimate of drug-likeness (QED) is 0.398. The third kappa shape index (κ3) is 5.53. The van der Waals surface area contributed by atoms with Crippen LogP contribution in [0.1, 0.15) is 59.6 Å². The summed E-state index contributed by atoms with van der Waals surface area (Å²) < 4.78 is 78.8. The summed E-state index contributed by atoms with van der Waals surface area (Å²) in [6.45, 7) is 0.0794. The van der Waals surface area contributed by atoms with E-state index in [1.165, 1.54) is 29.2 Å². The number of benzene rings is 2. The van der Waals surface area contributed by atoms with Gasteiger partial charge >= 0.3 is 6.18 Å². The summed E-state index contributed by atoms with van der Waals surface area (Å²) in [5, 5.41) is 2.37. The lowest BCUT2D eigenvalue weighted by Gasteiger charge is -2.27. The number of carbonyl (C=O) groups is 2. The normalized spacial score (nSPS) is 22.3. The second kappa shape index (κ2) is 9.97. The molecule has 0 unspecified atom stereocenters. The SMILES string of the molecule is C#C[C@@H]1C[C@H](C(=O)N[C@@H](c2ccc(C(F)(F)F)c(F)c2)C2CC2)N(C(=O)c2cccc(S(=O)(=O)C3CC3)c2)C1. The van der Waals surface area contributed by atoms with Crippen molar-refractivity contribution in [1.29, 1.82) is 0 Å². The zero-order valence-corrected chi connectivity index (χ0v) is 21.6. The average Bonchev–Trinajstić information content (AvgIpc) is 3.82. The molecule has 1 saturated heterocycles. The molecular weight excluding hydrogens is 536 g/mol. The summed E-state index contributed by atoms with van der Waals surface area (Å²) in [4.78, 5) is 28.3. The van der Waals surface area contributed by atoms with E-state index in [1.807, 2.05) is 0 Å². The van der Waals surface area contributed by atoms with Gasteiger partial charge in [-0.05, 0) is 73.9 Å². The molecule has 2 saturated carbocycles. The van der Waals surface area contributed by atoms with Crippen LogP contribution in [0.4, 0.5) is 17.6 Å². The number of nitrogens with zero attached hydrogens (tertiary/aromatic N) is 1. The van der Waals surface area contributed by atoms with E-state index in [0.29, 0.717) is 31.7 Å². The monoisotopic (exact) mass is 562 g/mol. The number of hydrogen-bond donors (Lipinski definition) is 1. The topological polar surface area (TPSA) is 83.6 Å². The molecule has 206 valence electrons. The summed E-state index contributed by atoms with van der Waals surface area (Å²) in [7, 11) is -3.54. The molecule has 1 aliphatic heterocycles. The number of sulfone groups is 1. The van der Waals surface area contributed by atoms with Crippen LogP contribution in [0.3, 0.4) is 0 Å². The lowest BCUT2D eigenvalue weighted by Crippen LogP contribution is -2.47. The first kappa shape index (κ1) is 27.2. The molecule has 1 N–H and O–H groups in total. The van der Waals surface area contributed by atoms with Crippen molar-refractivity contribution < 1.29 is 35.6 Å². The van der Waals surface area contributed by atoms with Gasteiger partial charge in [-0.2, -0.15) is 13.2 Å². The Morgan fingerprint density at radius 2 is 1.79 bits per heavy atom. The van der Waals surface area contributed by atoms with Gasteiger partial charge in [0.05, 0.1) is 21.8 Å². The van der Waals surface area contributed by atoms with Crippen LogP contribution in [-0.4, -0.2) is 43.0 Å². The number of alkyl halides is 3. The Labute approximate surface area is 223 Å². The van der Waals surface area contributed by atoms with Gasteiger partial charge in [-0.3, -0.25) is 9.59 Å². The Hall–Kier alpha value is -3.39. The summed E-state index contributed by atoms with van der Waals surface area (Å²) in [5.41, 5.74) is -1.07. The highest BCUT2D eigenvalue weighted by molar-refractivity contribution is 7.92. The molecule has 39 heavy (non-hydrogen) atoms. The van der Waals surface area contributed by atoms with E-state index >= 15 is 0 Å². The first-order valence-electron chi connectivity index (χ1n) is 12.7. The maximum absolute atomic E-state index is 14.3. The molecule has 2 amide bonds. The molecule has 0 spiro atoms. The average molecular weight is 563 g/mol. The zero-order valence-electron chi connectivity index (χ0n) is 20.7. The third-order valence-electron chi connectivity index (χ3n) is 7.52. The van der Waals surface area contributed by atoms with Crippen molar-refractivity contribution in [2.75, 3.05) is 6.54 Å². The van der Waals surface area contributed by atoms with E-state index in [-0.39, 0.29) is 34.9 Å². The fourth-order valence-corrected chi connectivity index (χ4v) is 6.78. The maximum atomic E-state index is 14.3. The first-order valence-corrected chi connectivity index (χ1v) is 14.2. The van der Waals surface area contributed by atoms with Gasteiger partial charge in [0, 0.05) is 18.0 Å². The molecule has 11 heteroatoms. The smallest absolute Gasteiger partial charge is 0.347 e. The van der Waals surface area contributed by atoms with Crippen LogP contribution in [0.2, 0.25) is 0 Å². The van der Waals surface area contributed by atoms with E-state index in [0.717, 1.165) is 12.1 Å². The molecule has 2 aliphatic carbocycles. The molecule has 5 rings (SSSR count). The van der Waals surface area contributed by atoms with Gasteiger partial charge in [-0.25, -0.2) is 12.8 Å². The van der Waals surface area contributed by atoms with Crippen molar-refractivity contribution in [3.63, 3.8) is 0 Å². The van der Waals surface area contributed by atoms with Gasteiger partial charge in [0.15, 0.2) is 9.84 Å². The largest absolute Gasteiger partial charge is 0.419 e. The van der Waals surface area contributed by atoms with Crippen LogP contribution in [0, 0.1) is 30.0 Å². The van der Waals surface area contributed by atoms with Crippen molar-refractivity contribution in [1.82, 2.24) is 10.2 Å². The van der Waals surface area contributed by atoms with Crippen LogP contribution in [0.25, 0.3) is 0 Å². The standard InChI is InChI=1S/C28H26F4N2O4S/c1-2-16-12-24(34(15-16)27(36)19-4-3-5-21(13-19)39(37,38)20-9-10-20)26(35)33-25(17-6-7-17)18-8-11-22(23(29)14-18)28(30,31)32/h1,3-5,8,11,13-14,16-17,20,24-25H,6-7,9-10,12,15H2,(H,33,35)/t16-,24-,25-/m1/s1. The third-order valence-corrected chi connectivity index (χ3v) is 9.78. The minimum absolute atomic E-state index is 0.0441. The maximum Gasteiger partial charge on any atom is 0.419 e. The Bertz CT molecular complexity index is 1460. The molecule has 3 atom stereocenters. The molecule has 0 radical (unpaired) electrons. The van der Waals surface area contributed by atoms with Crippen molar-refractivity contribution in [2.45, 2.75) is 60.5 Å². The molecule has 6 nitrogen and oxygen atoms in total. The predicted octanol–water partition coefficient (Wildman–Crippen LogP) is 4.51. The number of carbonyl (C=O) groups excluding carboxylic acids is 2. The number of halogens is 4. The fraction of sp³-hybridized carbons (Fsp3) is 0.429. The van der Waals surface area contributed by atoms with Gasteiger partial charge < -0.3 is 10.2 Å². The van der Waals surface area contributed by atoms with Crippen LogP contribution >= 0.6 is 0 Å². The number of amides is 2. The zero-order chi connectivity index (χ0) is 28.1. The molecule has 1 heterocycles. The summed E-state index contributed by atoms with van der Waals surface area (Å²) in [6, 6.07) is 6.60. The van der Waals surface area contributed by atoms with Gasteiger partial charge in [0.1, 0.15) is 11.9 Å². The second-order valence-corrected chi connectivity index (χ2v) is 12.6. The molecular formula is C28H26F4N2O4S.